The van der Waals surface area contributed by atoms with Crippen LogP contribution in [0.3, 0.4) is 0 Å². The van der Waals surface area contributed by atoms with Crippen molar-refractivity contribution in [2.24, 2.45) is 0 Å². The van der Waals surface area contributed by atoms with Gasteiger partial charge in [0.05, 0.1) is 0 Å². The molecule has 23 heavy (non-hydrogen) atoms. The Bertz CT molecular complexity index is 779. The molecule has 0 aliphatic heterocycles. The van der Waals surface area contributed by atoms with Crippen molar-refractivity contribution in [3.05, 3.63) is 94.8 Å². The molecule has 2 nitrogen and oxygen atoms in total. The topological polar surface area (TPSA) is 33.1 Å². The molecule has 0 amide bonds. The van der Waals surface area contributed by atoms with Gasteiger partial charge >= 0.3 is 0 Å². The van der Waals surface area contributed by atoms with Crippen LogP contribution in [0.25, 0.3) is 0 Å². The van der Waals surface area contributed by atoms with E-state index in [0.29, 0.717) is 5.75 Å². The number of phenolic OH excluding ortho intramolecular Hbond substituents is 1. The molecule has 1 unspecified atom stereocenters. The summed E-state index contributed by atoms with van der Waals surface area (Å²) in [5, 5.41) is 10.4. The fourth-order valence-electron chi connectivity index (χ4n) is 2.89. The van der Waals surface area contributed by atoms with E-state index in [-0.39, 0.29) is 5.92 Å². The molecule has 1 aromatic heterocycles. The molecule has 1 atom stereocenters. The first-order valence-corrected chi connectivity index (χ1v) is 7.89. The van der Waals surface area contributed by atoms with Crippen LogP contribution in [0, 0.1) is 13.8 Å². The monoisotopic (exact) mass is 303 g/mol. The van der Waals surface area contributed by atoms with Gasteiger partial charge in [-0.3, -0.25) is 4.98 Å². The van der Waals surface area contributed by atoms with Crippen LogP contribution in [0.5, 0.6) is 5.75 Å². The van der Waals surface area contributed by atoms with Crippen LogP contribution in [0.2, 0.25) is 0 Å². The highest BCUT2D eigenvalue weighted by Gasteiger charge is 2.19. The Balaban J connectivity index is 2.05. The molecule has 0 spiro atoms. The molecule has 1 N–H and O–H groups in total. The largest absolute Gasteiger partial charge is 0.508 e. The summed E-state index contributed by atoms with van der Waals surface area (Å²) in [6.07, 6.45) is 2.58. The van der Waals surface area contributed by atoms with Crippen molar-refractivity contribution in [1.29, 1.82) is 0 Å². The SMILES string of the molecule is Cc1ccc(C(Cc2ccccn2)c2cc(C)ccc2O)cc1. The van der Waals surface area contributed by atoms with Gasteiger partial charge in [0.25, 0.3) is 0 Å². The van der Waals surface area contributed by atoms with Crippen LogP contribution in [-0.2, 0) is 6.42 Å². The molecule has 0 saturated carbocycles. The van der Waals surface area contributed by atoms with Gasteiger partial charge in [-0.1, -0.05) is 53.6 Å². The van der Waals surface area contributed by atoms with Gasteiger partial charge in [0.1, 0.15) is 5.75 Å². The summed E-state index contributed by atoms with van der Waals surface area (Å²) >= 11 is 0. The summed E-state index contributed by atoms with van der Waals surface area (Å²) in [4.78, 5) is 4.46. The maximum absolute atomic E-state index is 10.4. The van der Waals surface area contributed by atoms with Gasteiger partial charge in [-0.05, 0) is 37.6 Å². The lowest BCUT2D eigenvalue weighted by atomic mass is 9.85. The van der Waals surface area contributed by atoms with Gasteiger partial charge in [0.2, 0.25) is 0 Å². The number of phenols is 1. The van der Waals surface area contributed by atoms with E-state index in [1.165, 1.54) is 11.1 Å². The van der Waals surface area contributed by atoms with Gasteiger partial charge in [-0.15, -0.1) is 0 Å². The van der Waals surface area contributed by atoms with Crippen LogP contribution in [0.15, 0.2) is 66.9 Å². The smallest absolute Gasteiger partial charge is 0.119 e. The summed E-state index contributed by atoms with van der Waals surface area (Å²) in [7, 11) is 0. The number of rotatable bonds is 4. The summed E-state index contributed by atoms with van der Waals surface area (Å²) in [5.41, 5.74) is 5.57. The molecular weight excluding hydrogens is 282 g/mol. The number of nitrogens with zero attached hydrogens (tertiary/aromatic N) is 1. The third kappa shape index (κ3) is 3.59. The van der Waals surface area contributed by atoms with E-state index < -0.39 is 0 Å². The summed E-state index contributed by atoms with van der Waals surface area (Å²) in [6.45, 7) is 4.14. The first kappa shape index (κ1) is 15.3. The number of pyridine rings is 1. The molecule has 0 saturated heterocycles. The minimum Gasteiger partial charge on any atom is -0.508 e. The number of hydrogen-bond acceptors (Lipinski definition) is 2. The van der Waals surface area contributed by atoms with Crippen LogP contribution in [0.1, 0.15) is 33.9 Å². The van der Waals surface area contributed by atoms with Crippen LogP contribution in [-0.4, -0.2) is 10.1 Å². The summed E-state index contributed by atoms with van der Waals surface area (Å²) < 4.78 is 0. The molecule has 3 rings (SSSR count). The predicted molar refractivity (Wildman–Crippen MR) is 93.8 cm³/mol. The van der Waals surface area contributed by atoms with Gasteiger partial charge < -0.3 is 5.11 Å². The molecule has 0 bridgehead atoms. The number of benzene rings is 2. The Hall–Kier alpha value is -2.61. The first-order chi connectivity index (χ1) is 11.1. The highest BCUT2D eigenvalue weighted by molar-refractivity contribution is 5.44. The molecule has 2 aromatic carbocycles. The highest BCUT2D eigenvalue weighted by atomic mass is 16.3. The van der Waals surface area contributed by atoms with E-state index in [4.69, 9.17) is 0 Å². The Kier molecular flexibility index (Phi) is 4.42. The summed E-state index contributed by atoms with van der Waals surface area (Å²) in [6, 6.07) is 20.3. The van der Waals surface area contributed by atoms with Crippen molar-refractivity contribution >= 4 is 0 Å². The van der Waals surface area contributed by atoms with Crippen molar-refractivity contribution in [3.8, 4) is 5.75 Å². The van der Waals surface area contributed by atoms with E-state index >= 15 is 0 Å². The van der Waals surface area contributed by atoms with Gasteiger partial charge in [-0.25, -0.2) is 0 Å². The average Bonchev–Trinajstić information content (AvgIpc) is 2.57. The maximum Gasteiger partial charge on any atom is 0.119 e. The lowest BCUT2D eigenvalue weighted by Gasteiger charge is -2.20. The minimum absolute atomic E-state index is 0.0883. The van der Waals surface area contributed by atoms with Crippen molar-refractivity contribution in [2.75, 3.05) is 0 Å². The number of aryl methyl sites for hydroxylation is 2. The molecule has 2 heteroatoms. The quantitative estimate of drug-likeness (QED) is 0.752. The van der Waals surface area contributed by atoms with E-state index in [1.807, 2.05) is 30.5 Å². The fraction of sp³-hybridized carbons (Fsp3) is 0.190. The Morgan fingerprint density at radius 3 is 2.35 bits per heavy atom. The van der Waals surface area contributed by atoms with E-state index in [1.54, 1.807) is 6.07 Å². The molecule has 0 aliphatic carbocycles. The third-order valence-electron chi connectivity index (χ3n) is 4.18. The van der Waals surface area contributed by atoms with Gasteiger partial charge in [0, 0.05) is 29.8 Å². The van der Waals surface area contributed by atoms with E-state index in [2.05, 4.69) is 49.2 Å². The zero-order chi connectivity index (χ0) is 16.2. The normalized spacial score (nSPS) is 12.1. The zero-order valence-corrected chi connectivity index (χ0v) is 13.5. The van der Waals surface area contributed by atoms with Crippen molar-refractivity contribution in [1.82, 2.24) is 4.98 Å². The van der Waals surface area contributed by atoms with Crippen molar-refractivity contribution in [3.63, 3.8) is 0 Å². The Labute approximate surface area is 137 Å². The minimum atomic E-state index is 0.0883. The highest BCUT2D eigenvalue weighted by Crippen LogP contribution is 2.34. The standard InChI is InChI=1S/C21H21NO/c1-15-6-9-17(10-7-15)19(14-18-5-3-4-12-22-18)20-13-16(2)8-11-21(20)23/h3-13,19,23H,14H2,1-2H3. The molecule has 3 aromatic rings. The number of aromatic hydroxyl groups is 1. The second-order valence-electron chi connectivity index (χ2n) is 6.05. The van der Waals surface area contributed by atoms with E-state index in [0.717, 1.165) is 23.2 Å². The molecule has 1 heterocycles. The molecule has 0 radical (unpaired) electrons. The fourth-order valence-corrected chi connectivity index (χ4v) is 2.89. The second kappa shape index (κ2) is 6.66. The van der Waals surface area contributed by atoms with E-state index in [9.17, 15) is 5.11 Å². The summed E-state index contributed by atoms with van der Waals surface area (Å²) in [5.74, 6) is 0.433. The molecular formula is C21H21NO. The number of hydrogen-bond donors (Lipinski definition) is 1. The second-order valence-corrected chi connectivity index (χ2v) is 6.05. The lowest BCUT2D eigenvalue weighted by Crippen LogP contribution is -2.07. The van der Waals surface area contributed by atoms with Gasteiger partial charge in [-0.2, -0.15) is 0 Å². The molecule has 0 fully saturated rings. The van der Waals surface area contributed by atoms with Crippen LogP contribution >= 0.6 is 0 Å². The Morgan fingerprint density at radius 2 is 1.65 bits per heavy atom. The van der Waals surface area contributed by atoms with Gasteiger partial charge in [0.15, 0.2) is 0 Å². The van der Waals surface area contributed by atoms with Crippen LogP contribution in [0.4, 0.5) is 0 Å². The lowest BCUT2D eigenvalue weighted by molar-refractivity contribution is 0.464. The van der Waals surface area contributed by atoms with Crippen molar-refractivity contribution in [2.45, 2.75) is 26.2 Å². The number of aromatic nitrogens is 1. The zero-order valence-electron chi connectivity index (χ0n) is 13.5. The molecule has 116 valence electrons. The van der Waals surface area contributed by atoms with Crippen molar-refractivity contribution < 1.29 is 5.11 Å². The predicted octanol–water partition coefficient (Wildman–Crippen LogP) is 4.78. The maximum atomic E-state index is 10.4. The average molecular weight is 303 g/mol. The van der Waals surface area contributed by atoms with Crippen LogP contribution < -0.4 is 0 Å². The first-order valence-electron chi connectivity index (χ1n) is 7.89. The third-order valence-corrected chi connectivity index (χ3v) is 4.18. The Morgan fingerprint density at radius 1 is 0.913 bits per heavy atom. The molecule has 0 aliphatic rings.